The van der Waals surface area contributed by atoms with Crippen LogP contribution in [0.3, 0.4) is 0 Å². The first-order chi connectivity index (χ1) is 8.89. The standard InChI is InChI=1S/C13H14F3NO2/c1-13(6-18,7-2-3-7)17-12(19)8-4-5-9(14)11(16)10(8)15/h4-5,7,18H,2-3,6H2,1H3,(H,17,19). The zero-order chi connectivity index (χ0) is 14.2. The van der Waals surface area contributed by atoms with Crippen molar-refractivity contribution >= 4 is 5.91 Å². The first kappa shape index (κ1) is 13.9. The van der Waals surface area contributed by atoms with Crippen molar-refractivity contribution in [3.05, 3.63) is 35.1 Å². The third-order valence-electron chi connectivity index (χ3n) is 3.49. The molecule has 1 aromatic rings. The zero-order valence-electron chi connectivity index (χ0n) is 10.3. The summed E-state index contributed by atoms with van der Waals surface area (Å²) in [7, 11) is 0. The van der Waals surface area contributed by atoms with E-state index in [0.717, 1.165) is 18.9 Å². The van der Waals surface area contributed by atoms with Gasteiger partial charge in [0.1, 0.15) is 0 Å². The predicted octanol–water partition coefficient (Wildman–Crippen LogP) is 1.99. The van der Waals surface area contributed by atoms with Gasteiger partial charge in [-0.25, -0.2) is 13.2 Å². The molecule has 0 aromatic heterocycles. The van der Waals surface area contributed by atoms with Crippen LogP contribution in [0.2, 0.25) is 0 Å². The van der Waals surface area contributed by atoms with E-state index in [-0.39, 0.29) is 12.5 Å². The van der Waals surface area contributed by atoms with E-state index >= 15 is 0 Å². The summed E-state index contributed by atoms with van der Waals surface area (Å²) in [5.41, 5.74) is -1.44. The fourth-order valence-electron chi connectivity index (χ4n) is 2.02. The van der Waals surface area contributed by atoms with Gasteiger partial charge in [-0.05, 0) is 37.8 Å². The molecule has 3 nitrogen and oxygen atoms in total. The first-order valence-corrected chi connectivity index (χ1v) is 5.96. The largest absolute Gasteiger partial charge is 0.394 e. The van der Waals surface area contributed by atoms with Crippen molar-refractivity contribution in [2.75, 3.05) is 6.61 Å². The highest BCUT2D eigenvalue weighted by Gasteiger charge is 2.42. The highest BCUT2D eigenvalue weighted by molar-refractivity contribution is 5.95. The average Bonchev–Trinajstić information content (AvgIpc) is 3.20. The van der Waals surface area contributed by atoms with Gasteiger partial charge < -0.3 is 10.4 Å². The molecular formula is C13H14F3NO2. The summed E-state index contributed by atoms with van der Waals surface area (Å²) in [4.78, 5) is 11.9. The van der Waals surface area contributed by atoms with E-state index in [2.05, 4.69) is 5.32 Å². The van der Waals surface area contributed by atoms with Crippen molar-refractivity contribution in [3.63, 3.8) is 0 Å². The van der Waals surface area contributed by atoms with Crippen LogP contribution in [-0.2, 0) is 0 Å². The van der Waals surface area contributed by atoms with E-state index in [4.69, 9.17) is 0 Å². The van der Waals surface area contributed by atoms with E-state index in [0.29, 0.717) is 6.07 Å². The van der Waals surface area contributed by atoms with Gasteiger partial charge in [0, 0.05) is 0 Å². The topological polar surface area (TPSA) is 49.3 Å². The minimum Gasteiger partial charge on any atom is -0.394 e. The molecule has 2 N–H and O–H groups in total. The quantitative estimate of drug-likeness (QED) is 0.824. The van der Waals surface area contributed by atoms with Crippen LogP contribution in [0.5, 0.6) is 0 Å². The fraction of sp³-hybridized carbons (Fsp3) is 0.462. The number of hydrogen-bond donors (Lipinski definition) is 2. The molecule has 0 bridgehead atoms. The van der Waals surface area contributed by atoms with Gasteiger partial charge in [0.2, 0.25) is 0 Å². The Labute approximate surface area is 108 Å². The minimum atomic E-state index is -1.68. The second-order valence-electron chi connectivity index (χ2n) is 5.03. The molecule has 0 radical (unpaired) electrons. The Hall–Kier alpha value is -1.56. The maximum absolute atomic E-state index is 13.5. The number of aliphatic hydroxyl groups excluding tert-OH is 1. The maximum Gasteiger partial charge on any atom is 0.254 e. The van der Waals surface area contributed by atoms with Crippen LogP contribution in [0, 0.1) is 23.4 Å². The smallest absolute Gasteiger partial charge is 0.254 e. The van der Waals surface area contributed by atoms with E-state index < -0.39 is 34.5 Å². The minimum absolute atomic E-state index is 0.120. The first-order valence-electron chi connectivity index (χ1n) is 5.96. The van der Waals surface area contributed by atoms with Crippen molar-refractivity contribution < 1.29 is 23.1 Å². The third kappa shape index (κ3) is 2.58. The van der Waals surface area contributed by atoms with E-state index in [1.807, 2.05) is 0 Å². The molecule has 1 saturated carbocycles. The van der Waals surface area contributed by atoms with Crippen molar-refractivity contribution in [1.82, 2.24) is 5.32 Å². The molecule has 0 heterocycles. The molecule has 19 heavy (non-hydrogen) atoms. The van der Waals surface area contributed by atoms with Gasteiger partial charge in [-0.1, -0.05) is 0 Å². The normalized spacial score (nSPS) is 17.9. The summed E-state index contributed by atoms with van der Waals surface area (Å²) in [6, 6.07) is 1.58. The van der Waals surface area contributed by atoms with Crippen LogP contribution in [0.25, 0.3) is 0 Å². The zero-order valence-corrected chi connectivity index (χ0v) is 10.3. The molecule has 1 aliphatic rings. The molecule has 0 spiro atoms. The number of hydrogen-bond acceptors (Lipinski definition) is 2. The highest BCUT2D eigenvalue weighted by Crippen LogP contribution is 2.39. The van der Waals surface area contributed by atoms with Crippen LogP contribution in [0.1, 0.15) is 30.1 Å². The van der Waals surface area contributed by atoms with Crippen LogP contribution < -0.4 is 5.32 Å². The fourth-order valence-corrected chi connectivity index (χ4v) is 2.02. The van der Waals surface area contributed by atoms with E-state index in [1.165, 1.54) is 0 Å². The van der Waals surface area contributed by atoms with E-state index in [1.54, 1.807) is 6.92 Å². The molecule has 1 aliphatic carbocycles. The Balaban J connectivity index is 2.23. The van der Waals surface area contributed by atoms with Crippen LogP contribution >= 0.6 is 0 Å². The van der Waals surface area contributed by atoms with Crippen molar-refractivity contribution in [1.29, 1.82) is 0 Å². The van der Waals surface area contributed by atoms with Crippen molar-refractivity contribution in [3.8, 4) is 0 Å². The second kappa shape index (κ2) is 4.85. The number of amides is 1. The second-order valence-corrected chi connectivity index (χ2v) is 5.03. The number of carbonyl (C=O) groups is 1. The number of aliphatic hydroxyl groups is 1. The number of rotatable bonds is 4. The summed E-state index contributed by atoms with van der Waals surface area (Å²) < 4.78 is 39.3. The van der Waals surface area contributed by atoms with Crippen LogP contribution in [-0.4, -0.2) is 23.2 Å². The number of carbonyl (C=O) groups excluding carboxylic acids is 1. The molecule has 2 rings (SSSR count). The molecule has 1 fully saturated rings. The molecule has 1 aromatic carbocycles. The van der Waals surface area contributed by atoms with Gasteiger partial charge in [0.15, 0.2) is 17.5 Å². The maximum atomic E-state index is 13.5. The van der Waals surface area contributed by atoms with Gasteiger partial charge in [0.05, 0.1) is 17.7 Å². The number of benzene rings is 1. The molecular weight excluding hydrogens is 259 g/mol. The summed E-state index contributed by atoms with van der Waals surface area (Å²) in [5, 5.41) is 11.8. The van der Waals surface area contributed by atoms with Crippen LogP contribution in [0.4, 0.5) is 13.2 Å². The Morgan fingerprint density at radius 3 is 2.53 bits per heavy atom. The highest BCUT2D eigenvalue weighted by atomic mass is 19.2. The molecule has 104 valence electrons. The summed E-state index contributed by atoms with van der Waals surface area (Å²) >= 11 is 0. The Kier molecular flexibility index (Phi) is 3.54. The Bertz CT molecular complexity index is 517. The predicted molar refractivity (Wildman–Crippen MR) is 62.0 cm³/mol. The number of nitrogens with one attached hydrogen (secondary N) is 1. The van der Waals surface area contributed by atoms with E-state index in [9.17, 15) is 23.1 Å². The van der Waals surface area contributed by atoms with Gasteiger partial charge in [-0.3, -0.25) is 4.79 Å². The average molecular weight is 273 g/mol. The molecule has 1 unspecified atom stereocenters. The molecule has 0 saturated heterocycles. The lowest BCUT2D eigenvalue weighted by molar-refractivity contribution is 0.0819. The lowest BCUT2D eigenvalue weighted by atomic mass is 9.96. The molecule has 0 aliphatic heterocycles. The van der Waals surface area contributed by atoms with Gasteiger partial charge >= 0.3 is 0 Å². The summed E-state index contributed by atoms with van der Waals surface area (Å²) in [6.07, 6.45) is 1.72. The summed E-state index contributed by atoms with van der Waals surface area (Å²) in [5.74, 6) is -5.28. The Morgan fingerprint density at radius 1 is 1.37 bits per heavy atom. The van der Waals surface area contributed by atoms with Gasteiger partial charge in [-0.15, -0.1) is 0 Å². The lowest BCUT2D eigenvalue weighted by Crippen LogP contribution is -2.51. The third-order valence-corrected chi connectivity index (χ3v) is 3.49. The summed E-state index contributed by atoms with van der Waals surface area (Å²) in [6.45, 7) is 1.34. The van der Waals surface area contributed by atoms with Crippen molar-refractivity contribution in [2.24, 2.45) is 5.92 Å². The molecule has 1 amide bonds. The Morgan fingerprint density at radius 2 is 2.00 bits per heavy atom. The molecule has 1 atom stereocenters. The van der Waals surface area contributed by atoms with Gasteiger partial charge in [0.25, 0.3) is 5.91 Å². The van der Waals surface area contributed by atoms with Crippen molar-refractivity contribution in [2.45, 2.75) is 25.3 Å². The van der Waals surface area contributed by atoms with Crippen LogP contribution in [0.15, 0.2) is 12.1 Å². The van der Waals surface area contributed by atoms with Gasteiger partial charge in [-0.2, -0.15) is 0 Å². The molecule has 6 heteroatoms. The monoisotopic (exact) mass is 273 g/mol. The lowest BCUT2D eigenvalue weighted by Gasteiger charge is -2.28. The number of halogens is 3. The SMILES string of the molecule is CC(CO)(NC(=O)c1ccc(F)c(F)c1F)C1CC1.